The molecule has 1 aliphatic rings. The van der Waals surface area contributed by atoms with Crippen LogP contribution in [0.5, 0.6) is 0 Å². The molecule has 0 aliphatic carbocycles. The number of likely N-dealkylation sites (tertiary alicyclic amines) is 1. The van der Waals surface area contributed by atoms with Crippen LogP contribution in [-0.4, -0.2) is 68.1 Å². The van der Waals surface area contributed by atoms with Gasteiger partial charge in [-0.15, -0.1) is 11.3 Å². The summed E-state index contributed by atoms with van der Waals surface area (Å²) in [6.45, 7) is 5.35. The Kier molecular flexibility index (Phi) is 8.82. The number of hydrogen-bond donors (Lipinski definition) is 1. The Bertz CT molecular complexity index is 1520. The predicted molar refractivity (Wildman–Crippen MR) is 136 cm³/mol. The van der Waals surface area contributed by atoms with E-state index in [1.54, 1.807) is 20.8 Å². The zero-order valence-corrected chi connectivity index (χ0v) is 23.9. The number of alkyl halides is 8. The third kappa shape index (κ3) is 6.13. The van der Waals surface area contributed by atoms with Crippen LogP contribution in [0.15, 0.2) is 22.7 Å². The van der Waals surface area contributed by atoms with Crippen molar-refractivity contribution < 1.29 is 59.1 Å². The zero-order chi connectivity index (χ0) is 32.8. The predicted octanol–water partition coefficient (Wildman–Crippen LogP) is 6.23. The molecule has 3 heterocycles. The lowest BCUT2D eigenvalue weighted by atomic mass is 9.89. The van der Waals surface area contributed by atoms with Gasteiger partial charge in [-0.05, 0) is 39.7 Å². The number of amides is 1. The second-order valence-corrected chi connectivity index (χ2v) is 11.7. The van der Waals surface area contributed by atoms with E-state index in [0.29, 0.717) is 30.2 Å². The van der Waals surface area contributed by atoms with E-state index in [1.807, 2.05) is 0 Å². The summed E-state index contributed by atoms with van der Waals surface area (Å²) in [6.07, 6.45) is -15.1. The fourth-order valence-corrected chi connectivity index (χ4v) is 5.76. The van der Waals surface area contributed by atoms with Crippen molar-refractivity contribution in [3.63, 3.8) is 0 Å². The minimum absolute atomic E-state index is 0.0270. The van der Waals surface area contributed by atoms with Gasteiger partial charge < -0.3 is 19.3 Å². The number of hydrogen-bond acceptors (Lipinski definition) is 9. The van der Waals surface area contributed by atoms with Gasteiger partial charge in [0.25, 0.3) is 24.4 Å². The van der Waals surface area contributed by atoms with Crippen molar-refractivity contribution in [3.05, 3.63) is 40.9 Å². The van der Waals surface area contributed by atoms with E-state index < -0.39 is 58.3 Å². The first-order valence-corrected chi connectivity index (χ1v) is 13.7. The van der Waals surface area contributed by atoms with Gasteiger partial charge in [0.2, 0.25) is 11.7 Å². The highest BCUT2D eigenvalue weighted by Crippen LogP contribution is 2.51. The molecule has 0 spiro atoms. The van der Waals surface area contributed by atoms with Crippen LogP contribution in [0.3, 0.4) is 0 Å². The molecule has 0 radical (unpaired) electrons. The topological polar surface area (TPSA) is 119 Å². The van der Waals surface area contributed by atoms with Crippen LogP contribution < -0.4 is 0 Å². The molecule has 0 bridgehead atoms. The molecule has 1 fully saturated rings. The number of rotatable bonds is 9. The van der Waals surface area contributed by atoms with Crippen molar-refractivity contribution in [3.8, 4) is 21.3 Å². The van der Waals surface area contributed by atoms with E-state index in [0.717, 1.165) is 0 Å². The Morgan fingerprint density at radius 1 is 1.18 bits per heavy atom. The van der Waals surface area contributed by atoms with Crippen molar-refractivity contribution in [2.75, 3.05) is 6.54 Å². The van der Waals surface area contributed by atoms with Crippen molar-refractivity contribution >= 4 is 23.7 Å². The van der Waals surface area contributed by atoms with Crippen LogP contribution in [0.4, 0.5) is 35.1 Å². The summed E-state index contributed by atoms with van der Waals surface area (Å²) < 4.78 is 120. The molecule has 9 nitrogen and oxygen atoms in total. The summed E-state index contributed by atoms with van der Waals surface area (Å²) in [4.78, 5) is 33.8. The smallest absolute Gasteiger partial charge is 0.430 e. The summed E-state index contributed by atoms with van der Waals surface area (Å²) in [5.41, 5.74) is -10.7. The Morgan fingerprint density at radius 2 is 1.84 bits per heavy atom. The molecule has 1 N–H and O–H groups in total. The normalized spacial score (nSPS) is 16.6. The number of thiazole rings is 1. The third-order valence-corrected chi connectivity index (χ3v) is 8.10. The molecule has 44 heavy (non-hydrogen) atoms. The van der Waals surface area contributed by atoms with Gasteiger partial charge in [0.1, 0.15) is 11.3 Å². The number of carbonyl (C=O) groups is 2. The maximum atomic E-state index is 14.3. The van der Waals surface area contributed by atoms with Gasteiger partial charge >= 0.3 is 12.4 Å². The van der Waals surface area contributed by atoms with Gasteiger partial charge in [-0.3, -0.25) is 9.59 Å². The van der Waals surface area contributed by atoms with Crippen molar-refractivity contribution in [2.24, 2.45) is 0 Å². The molecular formula is C26H24F8N4O5S. The lowest BCUT2D eigenvalue weighted by Gasteiger charge is -2.33. The average Bonchev–Trinajstić information content (AvgIpc) is 3.65. The highest BCUT2D eigenvalue weighted by Gasteiger charge is 2.71. The number of ether oxygens (including phenoxy) is 1. The van der Waals surface area contributed by atoms with Crippen molar-refractivity contribution in [2.45, 2.75) is 76.1 Å². The monoisotopic (exact) mass is 656 g/mol. The maximum Gasteiger partial charge on any atom is 0.430 e. The number of aromatic nitrogens is 3. The minimum Gasteiger partial charge on any atom is -0.461 e. The van der Waals surface area contributed by atoms with E-state index in [-0.39, 0.29) is 59.2 Å². The number of benzene rings is 1. The first-order valence-electron chi connectivity index (χ1n) is 12.9. The third-order valence-electron chi connectivity index (χ3n) is 7.02. The Labute approximate surface area is 247 Å². The Morgan fingerprint density at radius 3 is 2.39 bits per heavy atom. The maximum absolute atomic E-state index is 14.3. The van der Waals surface area contributed by atoms with E-state index in [1.165, 1.54) is 4.90 Å². The van der Waals surface area contributed by atoms with Crippen LogP contribution >= 0.6 is 11.3 Å². The molecule has 3 aromatic rings. The number of halogens is 8. The quantitative estimate of drug-likeness (QED) is 0.213. The van der Waals surface area contributed by atoms with Gasteiger partial charge in [-0.25, -0.2) is 13.8 Å². The average molecular weight is 657 g/mol. The fourth-order valence-electron chi connectivity index (χ4n) is 4.73. The van der Waals surface area contributed by atoms with Gasteiger partial charge in [-0.1, -0.05) is 17.3 Å². The standard InChI is InChI=1S/C26H24F8N4O5S/c1-12-5-4-8-38(12)22(40)17-18(44-21(36-17)20-35-16(43-37-20)10-23(2,3)42-11-39)14-7-6-13(9-15(14)19(27)28)24(41,25(29,30)31)26(32,33)34/h6-7,9,11-12,19,41H,4-5,8,10H2,1-3H3/t12-/m0/s1. The summed E-state index contributed by atoms with van der Waals surface area (Å²) >= 11 is 0.580. The number of aliphatic hydroxyl groups is 1. The van der Waals surface area contributed by atoms with Crippen LogP contribution in [-0.2, 0) is 21.6 Å². The summed E-state index contributed by atoms with van der Waals surface area (Å²) in [5.74, 6) is -0.954. The molecule has 1 saturated heterocycles. The molecule has 2 aromatic heterocycles. The van der Waals surface area contributed by atoms with Crippen LogP contribution in [0.1, 0.15) is 67.5 Å². The van der Waals surface area contributed by atoms with Gasteiger partial charge in [0.05, 0.1) is 11.3 Å². The fraction of sp³-hybridized carbons (Fsp3) is 0.500. The van der Waals surface area contributed by atoms with Crippen molar-refractivity contribution in [1.82, 2.24) is 20.0 Å². The molecule has 1 amide bonds. The summed E-state index contributed by atoms with van der Waals surface area (Å²) in [7, 11) is 0. The first-order chi connectivity index (χ1) is 20.3. The molecule has 18 heteroatoms. The zero-order valence-electron chi connectivity index (χ0n) is 23.1. The van der Waals surface area contributed by atoms with Crippen LogP contribution in [0, 0.1) is 0 Å². The van der Waals surface area contributed by atoms with Gasteiger partial charge in [0.15, 0.2) is 5.01 Å². The van der Waals surface area contributed by atoms with Crippen molar-refractivity contribution in [1.29, 1.82) is 0 Å². The van der Waals surface area contributed by atoms with Crippen LogP contribution in [0.25, 0.3) is 21.3 Å². The summed E-state index contributed by atoms with van der Waals surface area (Å²) in [5, 5.41) is 13.4. The second-order valence-electron chi connectivity index (χ2n) is 10.7. The molecule has 1 atom stereocenters. The SMILES string of the molecule is C[C@H]1CCCN1C(=O)c1nc(-c2noc(CC(C)(C)OC=O)n2)sc1-c1ccc(C(O)(C(F)(F)F)C(F)(F)F)cc1C(F)F. The molecule has 0 unspecified atom stereocenters. The second kappa shape index (κ2) is 11.7. The molecule has 0 saturated carbocycles. The molecule has 1 aromatic carbocycles. The lowest BCUT2D eigenvalue weighted by molar-refractivity contribution is -0.376. The molecule has 1 aliphatic heterocycles. The van der Waals surface area contributed by atoms with Gasteiger partial charge in [0, 0.05) is 29.3 Å². The lowest BCUT2D eigenvalue weighted by Crippen LogP contribution is -2.54. The van der Waals surface area contributed by atoms with E-state index in [9.17, 15) is 49.8 Å². The highest BCUT2D eigenvalue weighted by atomic mass is 32.1. The van der Waals surface area contributed by atoms with E-state index in [2.05, 4.69) is 15.1 Å². The van der Waals surface area contributed by atoms with Crippen LogP contribution in [0.2, 0.25) is 0 Å². The number of carbonyl (C=O) groups excluding carboxylic acids is 2. The van der Waals surface area contributed by atoms with Gasteiger partial charge in [-0.2, -0.15) is 31.3 Å². The van der Waals surface area contributed by atoms with E-state index in [4.69, 9.17) is 9.26 Å². The largest absolute Gasteiger partial charge is 0.461 e. The molecule has 240 valence electrons. The Balaban J connectivity index is 1.88. The van der Waals surface area contributed by atoms with E-state index >= 15 is 0 Å². The first kappa shape index (κ1) is 33.2. The minimum atomic E-state index is -6.31. The molecule has 4 rings (SSSR count). The Hall–Kier alpha value is -3.67. The highest BCUT2D eigenvalue weighted by molar-refractivity contribution is 7.18. The molecular weight excluding hydrogens is 632 g/mol. The number of nitrogens with zero attached hydrogens (tertiary/aromatic N) is 4. The summed E-state index contributed by atoms with van der Waals surface area (Å²) in [6, 6.07) is 0.398.